The Morgan fingerprint density at radius 2 is 1.87 bits per heavy atom. The van der Waals surface area contributed by atoms with Crippen molar-refractivity contribution < 1.29 is 19.0 Å². The molecule has 1 N–H and O–H groups in total. The molecule has 0 saturated carbocycles. The van der Waals surface area contributed by atoms with E-state index in [1.165, 1.54) is 20.6 Å². The summed E-state index contributed by atoms with van der Waals surface area (Å²) in [5.74, 6) is 1.31. The van der Waals surface area contributed by atoms with Gasteiger partial charge in [-0.2, -0.15) is 0 Å². The van der Waals surface area contributed by atoms with Crippen LogP contribution in [-0.4, -0.2) is 57.8 Å². The number of methoxy groups -OCH3 is 3. The molecule has 0 aliphatic carbocycles. The summed E-state index contributed by atoms with van der Waals surface area (Å²) in [5.41, 5.74) is 0.501. The van der Waals surface area contributed by atoms with E-state index >= 15 is 0 Å². The number of likely N-dealkylation sites (N-methyl/N-ethyl adjacent to an activating group) is 1. The van der Waals surface area contributed by atoms with E-state index in [1.54, 1.807) is 19.2 Å². The van der Waals surface area contributed by atoms with Crippen LogP contribution >= 0.6 is 0 Å². The summed E-state index contributed by atoms with van der Waals surface area (Å²) in [5, 5.41) is 3.01. The van der Waals surface area contributed by atoms with Crippen molar-refractivity contribution in [2.75, 3.05) is 41.0 Å². The smallest absolute Gasteiger partial charge is 0.251 e. The maximum Gasteiger partial charge on any atom is 0.251 e. The monoisotopic (exact) mass is 322 g/mol. The summed E-state index contributed by atoms with van der Waals surface area (Å²) >= 11 is 0. The molecular formula is C17H26N2O4. The third kappa shape index (κ3) is 3.88. The SMILES string of the molecule is CCN1CCC[C@H]1CNC(=O)c1cc(OC)c(OC)c(OC)c1. The van der Waals surface area contributed by atoms with Gasteiger partial charge in [0.2, 0.25) is 5.75 Å². The van der Waals surface area contributed by atoms with Gasteiger partial charge in [0.1, 0.15) is 0 Å². The Morgan fingerprint density at radius 1 is 1.22 bits per heavy atom. The quantitative estimate of drug-likeness (QED) is 0.831. The van der Waals surface area contributed by atoms with Gasteiger partial charge in [0.05, 0.1) is 21.3 Å². The maximum atomic E-state index is 12.5. The minimum absolute atomic E-state index is 0.132. The molecule has 1 fully saturated rings. The second-order valence-corrected chi connectivity index (χ2v) is 5.55. The normalized spacial score (nSPS) is 17.8. The molecule has 6 nitrogen and oxygen atoms in total. The fourth-order valence-electron chi connectivity index (χ4n) is 3.07. The van der Waals surface area contributed by atoms with Crippen LogP contribution in [-0.2, 0) is 0 Å². The Kier molecular flexibility index (Phi) is 6.10. The van der Waals surface area contributed by atoms with Crippen LogP contribution in [0.25, 0.3) is 0 Å². The molecule has 0 spiro atoms. The van der Waals surface area contributed by atoms with Gasteiger partial charge in [-0.25, -0.2) is 0 Å². The van der Waals surface area contributed by atoms with Crippen molar-refractivity contribution in [3.05, 3.63) is 17.7 Å². The van der Waals surface area contributed by atoms with Gasteiger partial charge in [0.15, 0.2) is 11.5 Å². The van der Waals surface area contributed by atoms with E-state index in [0.29, 0.717) is 35.4 Å². The first-order chi connectivity index (χ1) is 11.1. The molecule has 1 aromatic rings. The van der Waals surface area contributed by atoms with Gasteiger partial charge in [0.25, 0.3) is 5.91 Å². The topological polar surface area (TPSA) is 60.0 Å². The predicted octanol–water partition coefficient (Wildman–Crippen LogP) is 1.93. The van der Waals surface area contributed by atoms with Crippen molar-refractivity contribution in [2.45, 2.75) is 25.8 Å². The zero-order chi connectivity index (χ0) is 16.8. The average Bonchev–Trinajstić information content (AvgIpc) is 3.05. The molecule has 0 radical (unpaired) electrons. The van der Waals surface area contributed by atoms with E-state index in [9.17, 15) is 4.79 Å². The molecule has 0 unspecified atom stereocenters. The fraction of sp³-hybridized carbons (Fsp3) is 0.588. The summed E-state index contributed by atoms with van der Waals surface area (Å²) in [6.45, 7) is 4.94. The largest absolute Gasteiger partial charge is 0.493 e. The number of carbonyl (C=O) groups is 1. The lowest BCUT2D eigenvalue weighted by Crippen LogP contribution is -2.40. The van der Waals surface area contributed by atoms with Crippen LogP contribution in [0.2, 0.25) is 0 Å². The van der Waals surface area contributed by atoms with Crippen LogP contribution in [0, 0.1) is 0 Å². The molecule has 1 aliphatic heterocycles. The van der Waals surface area contributed by atoms with Crippen molar-refractivity contribution in [1.29, 1.82) is 0 Å². The second kappa shape index (κ2) is 8.06. The number of hydrogen-bond donors (Lipinski definition) is 1. The third-order valence-corrected chi connectivity index (χ3v) is 4.33. The first-order valence-corrected chi connectivity index (χ1v) is 7.96. The predicted molar refractivity (Wildman–Crippen MR) is 88.7 cm³/mol. The molecule has 0 aromatic heterocycles. The molecule has 0 bridgehead atoms. The molecule has 1 atom stereocenters. The summed E-state index contributed by atoms with van der Waals surface area (Å²) in [6.07, 6.45) is 2.32. The van der Waals surface area contributed by atoms with E-state index in [4.69, 9.17) is 14.2 Å². The number of carbonyl (C=O) groups excluding carboxylic acids is 1. The lowest BCUT2D eigenvalue weighted by Gasteiger charge is -2.23. The van der Waals surface area contributed by atoms with Crippen LogP contribution < -0.4 is 19.5 Å². The maximum absolute atomic E-state index is 12.5. The molecule has 128 valence electrons. The Bertz CT molecular complexity index is 522. The highest BCUT2D eigenvalue weighted by atomic mass is 16.5. The minimum Gasteiger partial charge on any atom is -0.493 e. The van der Waals surface area contributed by atoms with Gasteiger partial charge < -0.3 is 19.5 Å². The van der Waals surface area contributed by atoms with E-state index in [1.807, 2.05) is 0 Å². The standard InChI is InChI=1S/C17H26N2O4/c1-5-19-8-6-7-13(19)11-18-17(20)12-9-14(21-2)16(23-4)15(10-12)22-3/h9-10,13H,5-8,11H2,1-4H3,(H,18,20)/t13-/m0/s1. The zero-order valence-electron chi connectivity index (χ0n) is 14.3. The van der Waals surface area contributed by atoms with Gasteiger partial charge in [-0.15, -0.1) is 0 Å². The van der Waals surface area contributed by atoms with Crippen molar-refractivity contribution in [3.63, 3.8) is 0 Å². The van der Waals surface area contributed by atoms with Crippen molar-refractivity contribution in [1.82, 2.24) is 10.2 Å². The second-order valence-electron chi connectivity index (χ2n) is 5.55. The number of nitrogens with one attached hydrogen (secondary N) is 1. The van der Waals surface area contributed by atoms with Crippen LogP contribution in [0.1, 0.15) is 30.1 Å². The fourth-order valence-corrected chi connectivity index (χ4v) is 3.07. The Hall–Kier alpha value is -1.95. The molecule has 1 aromatic carbocycles. The van der Waals surface area contributed by atoms with Crippen molar-refractivity contribution in [3.8, 4) is 17.2 Å². The summed E-state index contributed by atoms with van der Waals surface area (Å²) < 4.78 is 15.9. The highest BCUT2D eigenvalue weighted by Gasteiger charge is 2.24. The summed E-state index contributed by atoms with van der Waals surface area (Å²) in [6, 6.07) is 3.76. The van der Waals surface area contributed by atoms with E-state index in [0.717, 1.165) is 19.5 Å². The summed E-state index contributed by atoms with van der Waals surface area (Å²) in [4.78, 5) is 14.8. The van der Waals surface area contributed by atoms with Gasteiger partial charge in [-0.1, -0.05) is 6.92 Å². The molecule has 23 heavy (non-hydrogen) atoms. The summed E-state index contributed by atoms with van der Waals surface area (Å²) in [7, 11) is 4.62. The molecule has 1 heterocycles. The van der Waals surface area contributed by atoms with Gasteiger partial charge in [-0.3, -0.25) is 9.69 Å². The number of rotatable bonds is 7. The molecule has 1 amide bonds. The van der Waals surface area contributed by atoms with Crippen molar-refractivity contribution in [2.24, 2.45) is 0 Å². The van der Waals surface area contributed by atoms with Gasteiger partial charge >= 0.3 is 0 Å². The number of likely N-dealkylation sites (tertiary alicyclic amines) is 1. The highest BCUT2D eigenvalue weighted by Crippen LogP contribution is 2.38. The van der Waals surface area contributed by atoms with Crippen LogP contribution in [0.5, 0.6) is 17.2 Å². The molecule has 6 heteroatoms. The van der Waals surface area contributed by atoms with Gasteiger partial charge in [-0.05, 0) is 38.1 Å². The number of ether oxygens (including phenoxy) is 3. The first kappa shape index (κ1) is 17.4. The average molecular weight is 322 g/mol. The third-order valence-electron chi connectivity index (χ3n) is 4.33. The number of hydrogen-bond acceptors (Lipinski definition) is 5. The van der Waals surface area contributed by atoms with Gasteiger partial charge in [0, 0.05) is 18.2 Å². The van der Waals surface area contributed by atoms with E-state index < -0.39 is 0 Å². The zero-order valence-corrected chi connectivity index (χ0v) is 14.3. The highest BCUT2D eigenvalue weighted by molar-refractivity contribution is 5.95. The molecule has 1 saturated heterocycles. The lowest BCUT2D eigenvalue weighted by atomic mass is 10.1. The number of benzene rings is 1. The Morgan fingerprint density at radius 3 is 2.39 bits per heavy atom. The van der Waals surface area contributed by atoms with E-state index in [2.05, 4.69) is 17.1 Å². The first-order valence-electron chi connectivity index (χ1n) is 7.96. The molecular weight excluding hydrogens is 296 g/mol. The minimum atomic E-state index is -0.132. The van der Waals surface area contributed by atoms with Crippen LogP contribution in [0.15, 0.2) is 12.1 Å². The lowest BCUT2D eigenvalue weighted by molar-refractivity contribution is 0.0940. The Labute approximate surface area is 137 Å². The number of amides is 1. The number of nitrogens with zero attached hydrogens (tertiary/aromatic N) is 1. The Balaban J connectivity index is 2.09. The molecule has 1 aliphatic rings. The van der Waals surface area contributed by atoms with E-state index in [-0.39, 0.29) is 5.91 Å². The van der Waals surface area contributed by atoms with Crippen LogP contribution in [0.4, 0.5) is 0 Å². The molecule has 2 rings (SSSR count). The van der Waals surface area contributed by atoms with Crippen LogP contribution in [0.3, 0.4) is 0 Å². The van der Waals surface area contributed by atoms with Crippen molar-refractivity contribution >= 4 is 5.91 Å².